The zero-order valence-corrected chi connectivity index (χ0v) is 13.0. The van der Waals surface area contributed by atoms with Gasteiger partial charge in [-0.15, -0.1) is 0 Å². The fourth-order valence-electron chi connectivity index (χ4n) is 1.93. The van der Waals surface area contributed by atoms with Crippen molar-refractivity contribution in [2.45, 2.75) is 6.92 Å². The standard InChI is InChI=1S/C17H18N2O4/c1-3-23-16(20)12-6-4-7-13(10-12)18-17(21)19-14-8-5-9-15(11-14)22-2/h4-11H,3H2,1-2H3,(H2,18,19,21). The molecule has 0 saturated heterocycles. The van der Waals surface area contributed by atoms with E-state index in [1.165, 1.54) is 0 Å². The summed E-state index contributed by atoms with van der Waals surface area (Å²) < 4.78 is 10.0. The van der Waals surface area contributed by atoms with E-state index in [0.717, 1.165) is 0 Å². The molecule has 120 valence electrons. The second-order valence-electron chi connectivity index (χ2n) is 4.61. The number of ether oxygens (including phenoxy) is 2. The maximum atomic E-state index is 12.0. The molecule has 0 radical (unpaired) electrons. The minimum absolute atomic E-state index is 0.298. The summed E-state index contributed by atoms with van der Waals surface area (Å²) in [5.41, 5.74) is 1.48. The highest BCUT2D eigenvalue weighted by atomic mass is 16.5. The van der Waals surface area contributed by atoms with Gasteiger partial charge in [0.05, 0.1) is 19.3 Å². The van der Waals surface area contributed by atoms with Crippen LogP contribution in [0.5, 0.6) is 5.75 Å². The van der Waals surface area contributed by atoms with E-state index in [2.05, 4.69) is 10.6 Å². The number of carbonyl (C=O) groups excluding carboxylic acids is 2. The maximum absolute atomic E-state index is 12.0. The van der Waals surface area contributed by atoms with Gasteiger partial charge in [0.1, 0.15) is 5.75 Å². The molecule has 0 bridgehead atoms. The summed E-state index contributed by atoms with van der Waals surface area (Å²) in [6.07, 6.45) is 0. The van der Waals surface area contributed by atoms with E-state index < -0.39 is 12.0 Å². The molecule has 0 unspecified atom stereocenters. The van der Waals surface area contributed by atoms with Gasteiger partial charge in [0, 0.05) is 17.4 Å². The van der Waals surface area contributed by atoms with Gasteiger partial charge >= 0.3 is 12.0 Å². The first kappa shape index (κ1) is 16.4. The summed E-state index contributed by atoms with van der Waals surface area (Å²) in [6, 6.07) is 13.1. The lowest BCUT2D eigenvalue weighted by Crippen LogP contribution is -2.19. The van der Waals surface area contributed by atoms with Crippen molar-refractivity contribution in [3.05, 3.63) is 54.1 Å². The number of benzene rings is 2. The highest BCUT2D eigenvalue weighted by Gasteiger charge is 2.08. The van der Waals surface area contributed by atoms with E-state index in [1.807, 2.05) is 0 Å². The van der Waals surface area contributed by atoms with Crippen LogP contribution in [-0.2, 0) is 4.74 Å². The van der Waals surface area contributed by atoms with Crippen LogP contribution >= 0.6 is 0 Å². The molecule has 6 heteroatoms. The van der Waals surface area contributed by atoms with E-state index in [-0.39, 0.29) is 0 Å². The van der Waals surface area contributed by atoms with Crippen molar-refractivity contribution < 1.29 is 19.1 Å². The molecule has 2 N–H and O–H groups in total. The van der Waals surface area contributed by atoms with Crippen LogP contribution in [0.25, 0.3) is 0 Å². The summed E-state index contributed by atoms with van der Waals surface area (Å²) in [5, 5.41) is 5.36. The third kappa shape index (κ3) is 4.74. The van der Waals surface area contributed by atoms with E-state index >= 15 is 0 Å². The quantitative estimate of drug-likeness (QED) is 0.828. The Morgan fingerprint density at radius 2 is 1.65 bits per heavy atom. The summed E-state index contributed by atoms with van der Waals surface area (Å²) in [5.74, 6) is 0.219. The van der Waals surface area contributed by atoms with Gasteiger partial charge in [-0.2, -0.15) is 0 Å². The molecule has 0 aliphatic rings. The van der Waals surface area contributed by atoms with Crippen LogP contribution in [0.2, 0.25) is 0 Å². The van der Waals surface area contributed by atoms with E-state index in [1.54, 1.807) is 62.6 Å². The van der Waals surface area contributed by atoms with Crippen LogP contribution in [-0.4, -0.2) is 25.7 Å². The Morgan fingerprint density at radius 3 is 2.30 bits per heavy atom. The average Bonchev–Trinajstić information content (AvgIpc) is 2.55. The number of nitrogens with one attached hydrogen (secondary N) is 2. The molecular formula is C17H18N2O4. The largest absolute Gasteiger partial charge is 0.497 e. The summed E-state index contributed by atoms with van der Waals surface area (Å²) in [6.45, 7) is 2.04. The van der Waals surface area contributed by atoms with Crippen LogP contribution in [0.15, 0.2) is 48.5 Å². The van der Waals surface area contributed by atoms with Crippen LogP contribution in [0.4, 0.5) is 16.2 Å². The molecule has 23 heavy (non-hydrogen) atoms. The smallest absolute Gasteiger partial charge is 0.338 e. The van der Waals surface area contributed by atoms with Crippen molar-refractivity contribution in [3.63, 3.8) is 0 Å². The van der Waals surface area contributed by atoms with E-state index in [9.17, 15) is 9.59 Å². The highest BCUT2D eigenvalue weighted by molar-refractivity contribution is 6.00. The van der Waals surface area contributed by atoms with Crippen molar-refractivity contribution in [1.82, 2.24) is 0 Å². The maximum Gasteiger partial charge on any atom is 0.338 e. The molecule has 0 atom stereocenters. The number of carbonyl (C=O) groups is 2. The van der Waals surface area contributed by atoms with Gasteiger partial charge in [-0.05, 0) is 37.3 Å². The lowest BCUT2D eigenvalue weighted by atomic mass is 10.2. The Balaban J connectivity index is 2.02. The lowest BCUT2D eigenvalue weighted by molar-refractivity contribution is 0.0526. The predicted octanol–water partition coefficient (Wildman–Crippen LogP) is 3.52. The van der Waals surface area contributed by atoms with Crippen molar-refractivity contribution >= 4 is 23.4 Å². The molecule has 2 aromatic carbocycles. The van der Waals surface area contributed by atoms with Crippen LogP contribution in [0, 0.1) is 0 Å². The first-order valence-electron chi connectivity index (χ1n) is 7.11. The lowest BCUT2D eigenvalue weighted by Gasteiger charge is -2.09. The fraction of sp³-hybridized carbons (Fsp3) is 0.176. The molecule has 2 rings (SSSR count). The number of rotatable bonds is 5. The number of hydrogen-bond donors (Lipinski definition) is 2. The normalized spacial score (nSPS) is 9.83. The van der Waals surface area contributed by atoms with Gasteiger partial charge in [-0.1, -0.05) is 12.1 Å². The van der Waals surface area contributed by atoms with Crippen molar-refractivity contribution in [1.29, 1.82) is 0 Å². The number of amides is 2. The molecule has 2 aromatic rings. The molecule has 0 aromatic heterocycles. The second kappa shape index (κ2) is 7.84. The minimum Gasteiger partial charge on any atom is -0.497 e. The topological polar surface area (TPSA) is 76.7 Å². The zero-order chi connectivity index (χ0) is 16.7. The molecule has 0 aliphatic carbocycles. The van der Waals surface area contributed by atoms with Crippen molar-refractivity contribution in [3.8, 4) is 5.75 Å². The third-order valence-electron chi connectivity index (χ3n) is 2.96. The van der Waals surface area contributed by atoms with Crippen LogP contribution < -0.4 is 15.4 Å². The van der Waals surface area contributed by atoms with Crippen molar-refractivity contribution in [2.24, 2.45) is 0 Å². The van der Waals surface area contributed by atoms with Gasteiger partial charge in [0.2, 0.25) is 0 Å². The molecule has 0 spiro atoms. The molecule has 6 nitrogen and oxygen atoms in total. The highest BCUT2D eigenvalue weighted by Crippen LogP contribution is 2.17. The number of methoxy groups -OCH3 is 1. The summed E-state index contributed by atoms with van der Waals surface area (Å²) >= 11 is 0. The third-order valence-corrected chi connectivity index (χ3v) is 2.96. The minimum atomic E-state index is -0.427. The summed E-state index contributed by atoms with van der Waals surface area (Å²) in [7, 11) is 1.56. The van der Waals surface area contributed by atoms with Gasteiger partial charge in [-0.3, -0.25) is 0 Å². The fourth-order valence-corrected chi connectivity index (χ4v) is 1.93. The summed E-state index contributed by atoms with van der Waals surface area (Å²) in [4.78, 5) is 23.7. The Labute approximate surface area is 134 Å². The monoisotopic (exact) mass is 314 g/mol. The van der Waals surface area contributed by atoms with Crippen LogP contribution in [0.1, 0.15) is 17.3 Å². The predicted molar refractivity (Wildman–Crippen MR) is 88.0 cm³/mol. The van der Waals surface area contributed by atoms with Gasteiger partial charge in [-0.25, -0.2) is 9.59 Å². The molecule has 0 heterocycles. The Morgan fingerprint density at radius 1 is 1.00 bits per heavy atom. The zero-order valence-electron chi connectivity index (χ0n) is 13.0. The number of esters is 1. The first-order chi connectivity index (χ1) is 11.1. The molecule has 2 amide bonds. The molecule has 0 fully saturated rings. The second-order valence-corrected chi connectivity index (χ2v) is 4.61. The Kier molecular flexibility index (Phi) is 5.57. The van der Waals surface area contributed by atoms with Crippen LogP contribution in [0.3, 0.4) is 0 Å². The van der Waals surface area contributed by atoms with E-state index in [0.29, 0.717) is 29.3 Å². The number of urea groups is 1. The van der Waals surface area contributed by atoms with E-state index in [4.69, 9.17) is 9.47 Å². The van der Waals surface area contributed by atoms with Gasteiger partial charge in [0.25, 0.3) is 0 Å². The first-order valence-corrected chi connectivity index (χ1v) is 7.11. The number of hydrogen-bond acceptors (Lipinski definition) is 4. The van der Waals surface area contributed by atoms with Crippen molar-refractivity contribution in [2.75, 3.05) is 24.4 Å². The average molecular weight is 314 g/mol. The molecule has 0 saturated carbocycles. The number of anilines is 2. The van der Waals surface area contributed by atoms with Gasteiger partial charge in [0.15, 0.2) is 0 Å². The molecule has 0 aliphatic heterocycles. The molecular weight excluding hydrogens is 296 g/mol. The van der Waals surface area contributed by atoms with Gasteiger partial charge < -0.3 is 20.1 Å². The Bertz CT molecular complexity index is 700. The Hall–Kier alpha value is -3.02. The SMILES string of the molecule is CCOC(=O)c1cccc(NC(=O)Nc2cccc(OC)c2)c1.